The van der Waals surface area contributed by atoms with E-state index in [0.29, 0.717) is 39.9 Å². The van der Waals surface area contributed by atoms with Gasteiger partial charge in [0.1, 0.15) is 17.7 Å². The lowest BCUT2D eigenvalue weighted by Crippen LogP contribution is -2.44. The summed E-state index contributed by atoms with van der Waals surface area (Å²) in [6.07, 6.45) is 0.768. The minimum atomic E-state index is -2.60. The third-order valence-corrected chi connectivity index (χ3v) is 6.76. The standard InChI is InChI=1S/C29H32F2N8/c1-28(2,3)17-37-25-20(14-33)15-36-24-19(13-32)11-21(12-22(24)25)38-26(18-7-5-4-6-8-18)23(34)16-39(35)29(9-10-29)27(30)31/h4-8,11-12,15-16,26-27,38H,9-10,17,34-35H2,1-3H3,(H,36,37)/b23-16-. The van der Waals surface area contributed by atoms with E-state index in [9.17, 15) is 19.3 Å². The van der Waals surface area contributed by atoms with Crippen LogP contribution in [0.1, 0.15) is 56.3 Å². The summed E-state index contributed by atoms with van der Waals surface area (Å²) in [7, 11) is 0. The van der Waals surface area contributed by atoms with Crippen molar-refractivity contribution >= 4 is 22.3 Å². The number of nitrogens with zero attached hydrogens (tertiary/aromatic N) is 4. The summed E-state index contributed by atoms with van der Waals surface area (Å²) in [5.41, 5.74) is 8.24. The number of nitrogens with one attached hydrogen (secondary N) is 2. The molecule has 1 aliphatic rings. The van der Waals surface area contributed by atoms with Crippen LogP contribution in [0.5, 0.6) is 0 Å². The van der Waals surface area contributed by atoms with Crippen LogP contribution in [-0.2, 0) is 0 Å². The first-order valence-corrected chi connectivity index (χ1v) is 12.6. The Morgan fingerprint density at radius 3 is 2.38 bits per heavy atom. The van der Waals surface area contributed by atoms with Gasteiger partial charge in [-0.1, -0.05) is 51.1 Å². The zero-order chi connectivity index (χ0) is 28.4. The molecular formula is C29H32F2N8. The van der Waals surface area contributed by atoms with Gasteiger partial charge in [-0.25, -0.2) is 14.6 Å². The van der Waals surface area contributed by atoms with Crippen molar-refractivity contribution in [1.82, 2.24) is 9.99 Å². The van der Waals surface area contributed by atoms with E-state index in [4.69, 9.17) is 11.6 Å². The lowest BCUT2D eigenvalue weighted by molar-refractivity contribution is 0.0305. The number of hydrogen-bond donors (Lipinski definition) is 4. The van der Waals surface area contributed by atoms with Crippen LogP contribution in [0, 0.1) is 28.1 Å². The Morgan fingerprint density at radius 1 is 1.15 bits per heavy atom. The zero-order valence-corrected chi connectivity index (χ0v) is 22.2. The molecule has 202 valence electrons. The number of hydrogen-bond acceptors (Lipinski definition) is 8. The van der Waals surface area contributed by atoms with Gasteiger partial charge in [0, 0.05) is 30.0 Å². The van der Waals surface area contributed by atoms with Crippen molar-refractivity contribution in [3.05, 3.63) is 77.2 Å². The lowest BCUT2D eigenvalue weighted by atomic mass is 9.96. The van der Waals surface area contributed by atoms with Crippen molar-refractivity contribution in [2.75, 3.05) is 17.2 Å². The van der Waals surface area contributed by atoms with Crippen molar-refractivity contribution in [1.29, 1.82) is 10.5 Å². The van der Waals surface area contributed by atoms with E-state index in [0.717, 1.165) is 10.6 Å². The molecule has 0 aliphatic heterocycles. The molecule has 0 saturated heterocycles. The van der Waals surface area contributed by atoms with E-state index in [2.05, 4.69) is 48.5 Å². The number of aromatic nitrogens is 1. The van der Waals surface area contributed by atoms with Crippen molar-refractivity contribution < 1.29 is 8.78 Å². The van der Waals surface area contributed by atoms with Gasteiger partial charge in [0.25, 0.3) is 6.43 Å². The summed E-state index contributed by atoms with van der Waals surface area (Å²) >= 11 is 0. The molecule has 8 nitrogen and oxygen atoms in total. The van der Waals surface area contributed by atoms with Gasteiger partial charge in [0.2, 0.25) is 0 Å². The molecule has 1 fully saturated rings. The normalized spacial score (nSPS) is 15.4. The number of anilines is 2. The van der Waals surface area contributed by atoms with Crippen molar-refractivity contribution in [2.24, 2.45) is 17.0 Å². The van der Waals surface area contributed by atoms with Gasteiger partial charge in [-0.15, -0.1) is 0 Å². The third kappa shape index (κ3) is 5.87. The van der Waals surface area contributed by atoms with Crippen LogP contribution < -0.4 is 22.2 Å². The Bertz CT molecular complexity index is 1460. The van der Waals surface area contributed by atoms with Crippen LogP contribution in [-0.4, -0.2) is 28.5 Å². The second-order valence-electron chi connectivity index (χ2n) is 11.0. The van der Waals surface area contributed by atoms with E-state index in [1.54, 1.807) is 12.1 Å². The molecule has 1 atom stereocenters. The van der Waals surface area contributed by atoms with Gasteiger partial charge in [0.15, 0.2) is 0 Å². The highest BCUT2D eigenvalue weighted by Crippen LogP contribution is 2.45. The molecule has 10 heteroatoms. The molecule has 6 N–H and O–H groups in total. The maximum Gasteiger partial charge on any atom is 0.262 e. The van der Waals surface area contributed by atoms with Crippen molar-refractivity contribution in [3.8, 4) is 12.1 Å². The molecule has 0 amide bonds. The highest BCUT2D eigenvalue weighted by atomic mass is 19.3. The minimum absolute atomic E-state index is 0.0703. The van der Waals surface area contributed by atoms with Gasteiger partial charge in [-0.3, -0.25) is 4.98 Å². The summed E-state index contributed by atoms with van der Waals surface area (Å²) in [4.78, 5) is 4.39. The van der Waals surface area contributed by atoms with Gasteiger partial charge in [-0.2, -0.15) is 10.5 Å². The zero-order valence-electron chi connectivity index (χ0n) is 22.2. The molecule has 1 saturated carbocycles. The number of halogens is 2. The molecule has 1 aromatic heterocycles. The molecule has 1 heterocycles. The van der Waals surface area contributed by atoms with E-state index in [1.165, 1.54) is 12.4 Å². The Balaban J connectivity index is 1.79. The number of pyridine rings is 1. The summed E-state index contributed by atoms with van der Waals surface area (Å²) in [5, 5.41) is 28.0. The number of alkyl halides is 2. The first kappa shape index (κ1) is 27.6. The predicted octanol–water partition coefficient (Wildman–Crippen LogP) is 5.36. The Morgan fingerprint density at radius 2 is 1.82 bits per heavy atom. The van der Waals surface area contributed by atoms with Crippen LogP contribution in [0.2, 0.25) is 0 Å². The smallest absolute Gasteiger partial charge is 0.262 e. The van der Waals surface area contributed by atoms with Gasteiger partial charge < -0.3 is 21.4 Å². The van der Waals surface area contributed by atoms with E-state index >= 15 is 0 Å². The third-order valence-electron chi connectivity index (χ3n) is 6.76. The number of hydrazine groups is 1. The van der Waals surface area contributed by atoms with Crippen LogP contribution in [0.25, 0.3) is 10.9 Å². The van der Waals surface area contributed by atoms with Crippen LogP contribution in [0.3, 0.4) is 0 Å². The first-order chi connectivity index (χ1) is 18.5. The average Bonchev–Trinajstić information content (AvgIpc) is 3.72. The van der Waals surface area contributed by atoms with E-state index in [-0.39, 0.29) is 24.0 Å². The van der Waals surface area contributed by atoms with Crippen LogP contribution in [0.15, 0.2) is 60.6 Å². The second kappa shape index (κ2) is 10.8. The molecule has 0 bridgehead atoms. The number of rotatable bonds is 9. The molecule has 3 aromatic rings. The maximum absolute atomic E-state index is 13.6. The molecular weight excluding hydrogens is 498 g/mol. The fourth-order valence-corrected chi connectivity index (χ4v) is 4.35. The van der Waals surface area contributed by atoms with Crippen LogP contribution in [0.4, 0.5) is 20.2 Å². The largest absolute Gasteiger partial charge is 0.399 e. The number of benzene rings is 2. The van der Waals surface area contributed by atoms with Crippen LogP contribution >= 0.6 is 0 Å². The molecule has 2 aromatic carbocycles. The molecule has 1 unspecified atom stereocenters. The minimum Gasteiger partial charge on any atom is -0.399 e. The predicted molar refractivity (Wildman–Crippen MR) is 148 cm³/mol. The second-order valence-corrected chi connectivity index (χ2v) is 11.0. The first-order valence-electron chi connectivity index (χ1n) is 12.6. The van der Waals surface area contributed by atoms with Gasteiger partial charge in [-0.05, 0) is 36.0 Å². The topological polar surface area (TPSA) is 140 Å². The fraction of sp³-hybridized carbons (Fsp3) is 0.345. The quantitative estimate of drug-likeness (QED) is 0.214. The van der Waals surface area contributed by atoms with Crippen molar-refractivity contribution in [3.63, 3.8) is 0 Å². The summed E-state index contributed by atoms with van der Waals surface area (Å²) < 4.78 is 27.3. The summed E-state index contributed by atoms with van der Waals surface area (Å²) in [6.45, 7) is 6.80. The molecule has 0 radical (unpaired) electrons. The Labute approximate surface area is 226 Å². The lowest BCUT2D eigenvalue weighted by Gasteiger charge is -2.28. The van der Waals surface area contributed by atoms with E-state index in [1.807, 2.05) is 30.3 Å². The summed E-state index contributed by atoms with van der Waals surface area (Å²) in [5.74, 6) is 6.04. The molecule has 4 rings (SSSR count). The molecule has 1 aliphatic carbocycles. The maximum atomic E-state index is 13.6. The molecule has 39 heavy (non-hydrogen) atoms. The Hall–Kier alpha value is -4.41. The summed E-state index contributed by atoms with van der Waals surface area (Å²) in [6, 6.07) is 16.4. The van der Waals surface area contributed by atoms with Gasteiger partial charge >= 0.3 is 0 Å². The number of nitrogens with two attached hydrogens (primary N) is 2. The fourth-order valence-electron chi connectivity index (χ4n) is 4.35. The molecule has 0 spiro atoms. The van der Waals surface area contributed by atoms with E-state index < -0.39 is 18.0 Å². The SMILES string of the molecule is CC(C)(C)CNc1c(C#N)cnc2c(C#N)cc(NC(/C(N)=C/N(N)C3(C(F)F)CC3)c3ccccc3)cc12. The number of fused-ring (bicyclic) bond motifs is 1. The average molecular weight is 531 g/mol. The van der Waals surface area contributed by atoms with Crippen molar-refractivity contribution in [2.45, 2.75) is 51.6 Å². The highest BCUT2D eigenvalue weighted by molar-refractivity contribution is 5.99. The van der Waals surface area contributed by atoms with Gasteiger partial charge in [0.05, 0.1) is 34.1 Å². The monoisotopic (exact) mass is 530 g/mol. The highest BCUT2D eigenvalue weighted by Gasteiger charge is 2.54. The Kier molecular flexibility index (Phi) is 7.62. The number of nitriles is 2.